The van der Waals surface area contributed by atoms with E-state index in [0.29, 0.717) is 5.92 Å². The molecule has 2 fully saturated rings. The third-order valence-corrected chi connectivity index (χ3v) is 5.41. The molecule has 21 heavy (non-hydrogen) atoms. The number of piperidine rings is 1. The van der Waals surface area contributed by atoms with Gasteiger partial charge in [0.2, 0.25) is 0 Å². The maximum absolute atomic E-state index is 10.7. The van der Waals surface area contributed by atoms with E-state index in [0.717, 1.165) is 39.0 Å². The Morgan fingerprint density at radius 2 is 2.33 bits per heavy atom. The van der Waals surface area contributed by atoms with Gasteiger partial charge >= 0.3 is 0 Å². The molecular weight excluding hydrogens is 262 g/mol. The van der Waals surface area contributed by atoms with E-state index < -0.39 is 0 Å². The molecular formula is C17H27N3O. The predicted octanol–water partition coefficient (Wildman–Crippen LogP) is 2.50. The van der Waals surface area contributed by atoms with Crippen LogP contribution in [0.3, 0.4) is 0 Å². The first kappa shape index (κ1) is 14.8. The lowest BCUT2D eigenvalue weighted by atomic mass is 9.71. The van der Waals surface area contributed by atoms with E-state index in [2.05, 4.69) is 23.5 Å². The molecule has 1 aliphatic heterocycles. The first-order valence-electron chi connectivity index (χ1n) is 8.19. The van der Waals surface area contributed by atoms with Crippen molar-refractivity contribution < 1.29 is 5.11 Å². The van der Waals surface area contributed by atoms with Crippen LogP contribution in [0.2, 0.25) is 0 Å². The van der Waals surface area contributed by atoms with E-state index in [-0.39, 0.29) is 5.60 Å². The van der Waals surface area contributed by atoms with Gasteiger partial charge in [0.05, 0.1) is 18.3 Å². The van der Waals surface area contributed by atoms with Gasteiger partial charge in [0, 0.05) is 36.8 Å². The molecule has 2 aliphatic rings. The molecule has 2 atom stereocenters. The van der Waals surface area contributed by atoms with Crippen molar-refractivity contribution in [2.45, 2.75) is 57.7 Å². The Bertz CT molecular complexity index is 510. The summed E-state index contributed by atoms with van der Waals surface area (Å²) in [6.45, 7) is 9.66. The van der Waals surface area contributed by atoms with Gasteiger partial charge < -0.3 is 5.11 Å². The Morgan fingerprint density at radius 1 is 1.48 bits per heavy atom. The second kappa shape index (κ2) is 5.93. The lowest BCUT2D eigenvalue weighted by Crippen LogP contribution is -2.52. The van der Waals surface area contributed by atoms with E-state index in [9.17, 15) is 5.11 Å². The zero-order valence-electron chi connectivity index (χ0n) is 13.1. The lowest BCUT2D eigenvalue weighted by molar-refractivity contribution is -0.0968. The van der Waals surface area contributed by atoms with Crippen LogP contribution in [0, 0.1) is 12.8 Å². The summed E-state index contributed by atoms with van der Waals surface area (Å²) in [6, 6.07) is 0. The standard InChI is InChI=1S/C17H27N3O/c1-3-9-20-14(2)15(11-18-20)12-19-10-8-17(21)7-5-4-6-16(17)13-19/h3,11,16,21H,1,4-10,12-13H2,2H3/t16-,17+/m0/s1. The van der Waals surface area contributed by atoms with E-state index in [1.165, 1.54) is 30.5 Å². The van der Waals surface area contributed by atoms with Crippen LogP contribution in [0.4, 0.5) is 0 Å². The summed E-state index contributed by atoms with van der Waals surface area (Å²) in [6.07, 6.45) is 9.45. The first-order valence-corrected chi connectivity index (χ1v) is 8.19. The topological polar surface area (TPSA) is 41.3 Å². The second-order valence-corrected chi connectivity index (χ2v) is 6.76. The molecule has 1 N–H and O–H groups in total. The molecule has 1 aliphatic carbocycles. The predicted molar refractivity (Wildman–Crippen MR) is 84.0 cm³/mol. The minimum Gasteiger partial charge on any atom is -0.390 e. The average molecular weight is 289 g/mol. The van der Waals surface area contributed by atoms with Crippen LogP contribution in [0.25, 0.3) is 0 Å². The first-order chi connectivity index (χ1) is 10.1. The molecule has 1 saturated heterocycles. The van der Waals surface area contributed by atoms with Crippen LogP contribution in [-0.4, -0.2) is 38.5 Å². The Labute approximate surface area is 127 Å². The number of hydrogen-bond acceptors (Lipinski definition) is 3. The SMILES string of the molecule is C=CCn1ncc(CN2CC[C@]3(O)CCCC[C@H]3C2)c1C. The highest BCUT2D eigenvalue weighted by Crippen LogP contribution is 2.40. The summed E-state index contributed by atoms with van der Waals surface area (Å²) in [5, 5.41) is 15.2. The van der Waals surface area contributed by atoms with Crippen molar-refractivity contribution in [2.75, 3.05) is 13.1 Å². The number of aliphatic hydroxyl groups is 1. The van der Waals surface area contributed by atoms with Gasteiger partial charge in [-0.05, 0) is 26.2 Å². The van der Waals surface area contributed by atoms with Gasteiger partial charge in [0.1, 0.15) is 0 Å². The molecule has 4 nitrogen and oxygen atoms in total. The van der Waals surface area contributed by atoms with Gasteiger partial charge in [-0.1, -0.05) is 18.9 Å². The summed E-state index contributed by atoms with van der Waals surface area (Å²) in [4.78, 5) is 2.49. The fourth-order valence-corrected chi connectivity index (χ4v) is 3.97. The number of likely N-dealkylation sites (tertiary alicyclic amines) is 1. The molecule has 0 amide bonds. The average Bonchev–Trinajstić information content (AvgIpc) is 2.81. The van der Waals surface area contributed by atoms with Crippen LogP contribution in [-0.2, 0) is 13.1 Å². The van der Waals surface area contributed by atoms with Crippen molar-refractivity contribution in [1.82, 2.24) is 14.7 Å². The second-order valence-electron chi connectivity index (χ2n) is 6.76. The zero-order chi connectivity index (χ0) is 14.9. The minimum absolute atomic E-state index is 0.378. The Kier molecular flexibility index (Phi) is 4.18. The van der Waals surface area contributed by atoms with Crippen LogP contribution in [0.1, 0.15) is 43.4 Å². The number of hydrogen-bond donors (Lipinski definition) is 1. The Hall–Kier alpha value is -1.13. The minimum atomic E-state index is -0.378. The fourth-order valence-electron chi connectivity index (χ4n) is 3.97. The van der Waals surface area contributed by atoms with Gasteiger partial charge in [0.15, 0.2) is 0 Å². The monoisotopic (exact) mass is 289 g/mol. The smallest absolute Gasteiger partial charge is 0.0700 e. The van der Waals surface area contributed by atoms with Gasteiger partial charge in [-0.2, -0.15) is 5.10 Å². The van der Waals surface area contributed by atoms with Gasteiger partial charge in [-0.3, -0.25) is 9.58 Å². The van der Waals surface area contributed by atoms with Crippen molar-refractivity contribution in [2.24, 2.45) is 5.92 Å². The van der Waals surface area contributed by atoms with E-state index in [4.69, 9.17) is 0 Å². The largest absolute Gasteiger partial charge is 0.390 e. The molecule has 1 aromatic rings. The highest BCUT2D eigenvalue weighted by Gasteiger charge is 2.42. The molecule has 1 saturated carbocycles. The van der Waals surface area contributed by atoms with Crippen molar-refractivity contribution in [3.8, 4) is 0 Å². The van der Waals surface area contributed by atoms with Crippen molar-refractivity contribution in [3.63, 3.8) is 0 Å². The Balaban J connectivity index is 1.65. The summed E-state index contributed by atoms with van der Waals surface area (Å²) < 4.78 is 2.00. The van der Waals surface area contributed by atoms with Crippen molar-refractivity contribution in [1.29, 1.82) is 0 Å². The summed E-state index contributed by atoms with van der Waals surface area (Å²) in [7, 11) is 0. The van der Waals surface area contributed by atoms with Crippen LogP contribution < -0.4 is 0 Å². The number of allylic oxidation sites excluding steroid dienone is 1. The molecule has 2 heterocycles. The maximum Gasteiger partial charge on any atom is 0.0700 e. The van der Waals surface area contributed by atoms with Crippen LogP contribution >= 0.6 is 0 Å². The summed E-state index contributed by atoms with van der Waals surface area (Å²) in [5.41, 5.74) is 2.16. The highest BCUT2D eigenvalue weighted by molar-refractivity contribution is 5.16. The fraction of sp³-hybridized carbons (Fsp3) is 0.706. The maximum atomic E-state index is 10.7. The highest BCUT2D eigenvalue weighted by atomic mass is 16.3. The van der Waals surface area contributed by atoms with Crippen molar-refractivity contribution in [3.05, 3.63) is 30.1 Å². The van der Waals surface area contributed by atoms with E-state index in [1.807, 2.05) is 17.0 Å². The molecule has 0 bridgehead atoms. The van der Waals surface area contributed by atoms with Crippen LogP contribution in [0.15, 0.2) is 18.9 Å². The number of nitrogens with zero attached hydrogens (tertiary/aromatic N) is 3. The van der Waals surface area contributed by atoms with Gasteiger partial charge in [-0.25, -0.2) is 0 Å². The van der Waals surface area contributed by atoms with Gasteiger partial charge in [0.25, 0.3) is 0 Å². The molecule has 0 radical (unpaired) electrons. The van der Waals surface area contributed by atoms with E-state index >= 15 is 0 Å². The summed E-state index contributed by atoms with van der Waals surface area (Å²) >= 11 is 0. The third kappa shape index (κ3) is 2.92. The quantitative estimate of drug-likeness (QED) is 0.866. The number of fused-ring (bicyclic) bond motifs is 1. The molecule has 1 aromatic heterocycles. The van der Waals surface area contributed by atoms with Crippen LogP contribution in [0.5, 0.6) is 0 Å². The van der Waals surface area contributed by atoms with Crippen molar-refractivity contribution >= 4 is 0 Å². The zero-order valence-corrected chi connectivity index (χ0v) is 13.1. The number of aromatic nitrogens is 2. The lowest BCUT2D eigenvalue weighted by Gasteiger charge is -2.47. The molecule has 0 spiro atoms. The molecule has 0 unspecified atom stereocenters. The van der Waals surface area contributed by atoms with E-state index in [1.54, 1.807) is 0 Å². The molecule has 0 aromatic carbocycles. The number of rotatable bonds is 4. The normalized spacial score (nSPS) is 30.1. The molecule has 116 valence electrons. The Morgan fingerprint density at radius 3 is 3.14 bits per heavy atom. The molecule has 4 heteroatoms. The molecule has 3 rings (SSSR count). The summed E-state index contributed by atoms with van der Waals surface area (Å²) in [5.74, 6) is 0.462. The third-order valence-electron chi connectivity index (χ3n) is 5.41. The van der Waals surface area contributed by atoms with Gasteiger partial charge in [-0.15, -0.1) is 6.58 Å².